The zero-order chi connectivity index (χ0) is 30.5. The van der Waals surface area contributed by atoms with E-state index in [1.165, 1.54) is 21.9 Å². The molecule has 4 aromatic rings. The normalized spacial score (nSPS) is 12.0. The summed E-state index contributed by atoms with van der Waals surface area (Å²) in [7, 11) is 0. The predicted molar refractivity (Wildman–Crippen MR) is 147 cm³/mol. The van der Waals surface area contributed by atoms with E-state index in [1.54, 1.807) is 6.92 Å². The van der Waals surface area contributed by atoms with Crippen LogP contribution in [0.4, 0.5) is 26.3 Å². The number of nitrogens with zero attached hydrogens (tertiary/aromatic N) is 2. The molecule has 4 rings (SSSR count). The van der Waals surface area contributed by atoms with Crippen molar-refractivity contribution in [3.8, 4) is 0 Å². The third kappa shape index (κ3) is 7.51. The molecule has 42 heavy (non-hydrogen) atoms. The maximum absolute atomic E-state index is 13.6. The molecule has 0 aliphatic carbocycles. The highest BCUT2D eigenvalue weighted by Gasteiger charge is 2.31. The summed E-state index contributed by atoms with van der Waals surface area (Å²) in [5.74, 6) is -1.03. The van der Waals surface area contributed by atoms with Crippen LogP contribution in [0.1, 0.15) is 46.0 Å². The number of nitrogens with one attached hydrogen (secondary N) is 1. The molecule has 1 aromatic heterocycles. The molecule has 0 bridgehead atoms. The summed E-state index contributed by atoms with van der Waals surface area (Å²) in [5, 5.41) is 0.976. The van der Waals surface area contributed by atoms with Gasteiger partial charge in [-0.25, -0.2) is 0 Å². The Morgan fingerprint density at radius 3 is 1.95 bits per heavy atom. The fourth-order valence-electron chi connectivity index (χ4n) is 4.68. The second-order valence-electron chi connectivity index (χ2n) is 9.92. The molecule has 1 N–H and O–H groups in total. The highest BCUT2D eigenvalue weighted by atomic mass is 19.4. The van der Waals surface area contributed by atoms with Crippen molar-refractivity contribution in [3.05, 3.63) is 107 Å². The van der Waals surface area contributed by atoms with Crippen molar-refractivity contribution >= 4 is 22.7 Å². The molecule has 0 radical (unpaired) electrons. The number of H-pyrrole nitrogens is 1. The average molecular weight is 590 g/mol. The van der Waals surface area contributed by atoms with Gasteiger partial charge in [-0.05, 0) is 66.4 Å². The molecule has 3 aromatic carbocycles. The van der Waals surface area contributed by atoms with Gasteiger partial charge in [-0.3, -0.25) is 9.59 Å². The highest BCUT2D eigenvalue weighted by molar-refractivity contribution is 5.96. The van der Waals surface area contributed by atoms with Gasteiger partial charge in [-0.2, -0.15) is 26.3 Å². The fourth-order valence-corrected chi connectivity index (χ4v) is 4.68. The first kappa shape index (κ1) is 30.7. The third-order valence-corrected chi connectivity index (χ3v) is 6.90. The van der Waals surface area contributed by atoms with E-state index in [0.717, 1.165) is 52.9 Å². The second-order valence-corrected chi connectivity index (χ2v) is 9.92. The molecular weight excluding hydrogens is 560 g/mol. The molecule has 222 valence electrons. The number of benzene rings is 3. The Hall–Kier alpha value is -4.28. The lowest BCUT2D eigenvalue weighted by Gasteiger charge is -2.28. The monoisotopic (exact) mass is 589 g/mol. The SMILES string of the molecule is CCCN(CC(=O)N(CCc1c[nH]c2ccccc12)Cc1ccc(C(F)(F)F)cc1)C(=O)c1ccc(C(F)(F)F)cc1. The predicted octanol–water partition coefficient (Wildman–Crippen LogP) is 7.33. The Morgan fingerprint density at radius 2 is 1.36 bits per heavy atom. The summed E-state index contributed by atoms with van der Waals surface area (Å²) in [6.07, 6.45) is -6.28. The minimum absolute atomic E-state index is 0.00770. The van der Waals surface area contributed by atoms with Gasteiger partial charge in [0.1, 0.15) is 6.54 Å². The number of alkyl halides is 6. The summed E-state index contributed by atoms with van der Waals surface area (Å²) in [6.45, 7) is 1.86. The average Bonchev–Trinajstić information content (AvgIpc) is 3.37. The number of fused-ring (bicyclic) bond motifs is 1. The maximum atomic E-state index is 13.6. The van der Waals surface area contributed by atoms with E-state index in [2.05, 4.69) is 4.98 Å². The third-order valence-electron chi connectivity index (χ3n) is 6.90. The summed E-state index contributed by atoms with van der Waals surface area (Å²) >= 11 is 0. The first-order chi connectivity index (χ1) is 19.9. The Kier molecular flexibility index (Phi) is 9.28. The molecule has 0 aliphatic heterocycles. The van der Waals surface area contributed by atoms with Crippen LogP contribution >= 0.6 is 0 Å². The quantitative estimate of drug-likeness (QED) is 0.197. The zero-order valence-electron chi connectivity index (χ0n) is 22.7. The lowest BCUT2D eigenvalue weighted by molar-refractivity contribution is -0.138. The van der Waals surface area contributed by atoms with Gasteiger partial charge >= 0.3 is 12.4 Å². The van der Waals surface area contributed by atoms with Crippen molar-refractivity contribution in [2.45, 2.75) is 38.7 Å². The van der Waals surface area contributed by atoms with E-state index in [0.29, 0.717) is 18.4 Å². The van der Waals surface area contributed by atoms with Gasteiger partial charge in [0.2, 0.25) is 5.91 Å². The highest BCUT2D eigenvalue weighted by Crippen LogP contribution is 2.30. The van der Waals surface area contributed by atoms with Crippen LogP contribution in [0.3, 0.4) is 0 Å². The number of rotatable bonds is 10. The van der Waals surface area contributed by atoms with Crippen LogP contribution in [-0.4, -0.2) is 46.2 Å². The van der Waals surface area contributed by atoms with Crippen LogP contribution in [-0.2, 0) is 30.1 Å². The van der Waals surface area contributed by atoms with Crippen LogP contribution in [0, 0.1) is 0 Å². The topological polar surface area (TPSA) is 56.4 Å². The molecule has 11 heteroatoms. The first-order valence-corrected chi connectivity index (χ1v) is 13.3. The Morgan fingerprint density at radius 1 is 0.762 bits per heavy atom. The van der Waals surface area contributed by atoms with Gasteiger partial charge in [0.15, 0.2) is 0 Å². The van der Waals surface area contributed by atoms with E-state index in [9.17, 15) is 35.9 Å². The van der Waals surface area contributed by atoms with Crippen molar-refractivity contribution in [3.63, 3.8) is 0 Å². The molecule has 0 spiro atoms. The van der Waals surface area contributed by atoms with Gasteiger partial charge in [0, 0.05) is 42.3 Å². The number of hydrogen-bond donors (Lipinski definition) is 1. The first-order valence-electron chi connectivity index (χ1n) is 13.3. The van der Waals surface area contributed by atoms with Crippen LogP contribution < -0.4 is 0 Å². The molecule has 0 unspecified atom stereocenters. The molecule has 0 fully saturated rings. The lowest BCUT2D eigenvalue weighted by atomic mass is 10.1. The van der Waals surface area contributed by atoms with Crippen molar-refractivity contribution in [2.75, 3.05) is 19.6 Å². The van der Waals surface area contributed by atoms with Gasteiger partial charge in [-0.1, -0.05) is 37.3 Å². The maximum Gasteiger partial charge on any atom is 0.416 e. The minimum Gasteiger partial charge on any atom is -0.361 e. The molecule has 1 heterocycles. The van der Waals surface area contributed by atoms with E-state index in [1.807, 2.05) is 30.5 Å². The number of para-hydroxylation sites is 1. The van der Waals surface area contributed by atoms with Crippen molar-refractivity contribution in [1.82, 2.24) is 14.8 Å². The molecule has 5 nitrogen and oxygen atoms in total. The Bertz CT molecular complexity index is 1510. The van der Waals surface area contributed by atoms with Crippen molar-refractivity contribution < 1.29 is 35.9 Å². The van der Waals surface area contributed by atoms with E-state index in [4.69, 9.17) is 0 Å². The summed E-state index contributed by atoms with van der Waals surface area (Å²) in [4.78, 5) is 32.7. The molecule has 0 saturated carbocycles. The Balaban J connectivity index is 1.55. The second kappa shape index (κ2) is 12.7. The number of carbonyl (C=O) groups is 2. The van der Waals surface area contributed by atoms with Gasteiger partial charge in [0.05, 0.1) is 11.1 Å². The molecule has 0 atom stereocenters. The van der Waals surface area contributed by atoms with Gasteiger partial charge in [0.25, 0.3) is 5.91 Å². The number of halogens is 6. The molecular formula is C31H29F6N3O2. The summed E-state index contributed by atoms with van der Waals surface area (Å²) < 4.78 is 78.1. The summed E-state index contributed by atoms with van der Waals surface area (Å²) in [6, 6.07) is 16.0. The molecule has 0 aliphatic rings. The van der Waals surface area contributed by atoms with E-state index >= 15 is 0 Å². The van der Waals surface area contributed by atoms with Crippen molar-refractivity contribution in [1.29, 1.82) is 0 Å². The van der Waals surface area contributed by atoms with E-state index in [-0.39, 0.29) is 31.7 Å². The number of aromatic nitrogens is 1. The van der Waals surface area contributed by atoms with Gasteiger partial charge in [-0.15, -0.1) is 0 Å². The summed E-state index contributed by atoms with van der Waals surface area (Å²) in [5.41, 5.74) is 0.659. The number of hydrogen-bond acceptors (Lipinski definition) is 2. The standard InChI is InChI=1S/C31H29F6N3O2/c1-2-16-40(29(42)22-9-13-25(14-10-22)31(35,36)37)20-28(41)39(19-21-7-11-24(12-8-21)30(32,33)34)17-15-23-18-38-27-6-4-3-5-26(23)27/h3-14,18,38H,2,15-17,19-20H2,1H3. The van der Waals surface area contributed by atoms with Crippen LogP contribution in [0.15, 0.2) is 79.0 Å². The van der Waals surface area contributed by atoms with Gasteiger partial charge < -0.3 is 14.8 Å². The van der Waals surface area contributed by atoms with E-state index < -0.39 is 35.3 Å². The minimum atomic E-state index is -4.55. The largest absolute Gasteiger partial charge is 0.416 e. The van der Waals surface area contributed by atoms with Crippen molar-refractivity contribution in [2.24, 2.45) is 0 Å². The number of amides is 2. The fraction of sp³-hybridized carbons (Fsp3) is 0.290. The van der Waals surface area contributed by atoms with Crippen LogP contribution in [0.2, 0.25) is 0 Å². The number of aromatic amines is 1. The zero-order valence-corrected chi connectivity index (χ0v) is 22.7. The van der Waals surface area contributed by atoms with Crippen LogP contribution in [0.25, 0.3) is 10.9 Å². The smallest absolute Gasteiger partial charge is 0.361 e. The molecule has 2 amide bonds. The molecule has 0 saturated heterocycles. The van der Waals surface area contributed by atoms with Crippen LogP contribution in [0.5, 0.6) is 0 Å². The lowest BCUT2D eigenvalue weighted by Crippen LogP contribution is -2.43. The number of carbonyl (C=O) groups excluding carboxylic acids is 2. The Labute approximate surface area is 238 Å².